The van der Waals surface area contributed by atoms with E-state index in [2.05, 4.69) is 40.1 Å². The van der Waals surface area contributed by atoms with Crippen LogP contribution in [0.5, 0.6) is 0 Å². The van der Waals surface area contributed by atoms with Gasteiger partial charge in [-0.15, -0.1) is 0 Å². The van der Waals surface area contributed by atoms with Crippen LogP contribution in [0.25, 0.3) is 0 Å². The molecule has 2 unspecified atom stereocenters. The fourth-order valence-electron chi connectivity index (χ4n) is 5.56. The van der Waals surface area contributed by atoms with E-state index in [0.717, 1.165) is 18.4 Å². The Morgan fingerprint density at radius 3 is 2.15 bits per heavy atom. The van der Waals surface area contributed by atoms with Gasteiger partial charge in [0.05, 0.1) is 5.60 Å². The minimum absolute atomic E-state index is 0.251. The molecular weight excluding hydrogens is 246 g/mol. The summed E-state index contributed by atoms with van der Waals surface area (Å²) >= 11 is 0. The third-order valence-electron chi connectivity index (χ3n) is 7.38. The molecule has 116 valence electrons. The van der Waals surface area contributed by atoms with Crippen molar-refractivity contribution in [3.63, 3.8) is 0 Å². The largest absolute Gasteiger partial charge is 0.375 e. The lowest BCUT2D eigenvalue weighted by Gasteiger charge is -2.42. The van der Waals surface area contributed by atoms with Crippen LogP contribution in [0.2, 0.25) is 0 Å². The van der Waals surface area contributed by atoms with Crippen LogP contribution in [-0.2, 0) is 4.74 Å². The summed E-state index contributed by atoms with van der Waals surface area (Å²) < 4.78 is 6.23. The van der Waals surface area contributed by atoms with E-state index in [0.29, 0.717) is 16.9 Å². The molecule has 1 N–H and O–H groups in total. The second-order valence-electron chi connectivity index (χ2n) is 8.73. The Morgan fingerprint density at radius 1 is 1.05 bits per heavy atom. The van der Waals surface area contributed by atoms with Crippen molar-refractivity contribution < 1.29 is 4.74 Å². The van der Waals surface area contributed by atoms with Crippen molar-refractivity contribution >= 4 is 0 Å². The van der Waals surface area contributed by atoms with E-state index in [1.54, 1.807) is 0 Å². The second kappa shape index (κ2) is 4.71. The normalized spacial score (nSPS) is 36.1. The van der Waals surface area contributed by atoms with Gasteiger partial charge in [0, 0.05) is 12.6 Å². The van der Waals surface area contributed by atoms with Gasteiger partial charge in [-0.2, -0.15) is 0 Å². The first-order chi connectivity index (χ1) is 9.34. The van der Waals surface area contributed by atoms with Crippen LogP contribution in [0.1, 0.15) is 66.2 Å². The van der Waals surface area contributed by atoms with Gasteiger partial charge in [0.2, 0.25) is 0 Å². The topological polar surface area (TPSA) is 21.3 Å². The van der Waals surface area contributed by atoms with E-state index in [1.807, 2.05) is 0 Å². The third kappa shape index (κ3) is 2.06. The Bertz CT molecular complexity index is 354. The standard InChI is InChI=1S/C18H33NO/c1-16(2)15(17(16,3)4)14(19-5)13-8-11-20-18(12-13)9-6-7-10-18/h13-15,19H,6-12H2,1-5H3. The van der Waals surface area contributed by atoms with Gasteiger partial charge >= 0.3 is 0 Å². The molecule has 1 heterocycles. The average Bonchev–Trinajstić information content (AvgIpc) is 2.71. The Morgan fingerprint density at radius 2 is 1.65 bits per heavy atom. The highest BCUT2D eigenvalue weighted by Gasteiger charge is 2.68. The Labute approximate surface area is 125 Å². The van der Waals surface area contributed by atoms with E-state index in [4.69, 9.17) is 4.74 Å². The van der Waals surface area contributed by atoms with Gasteiger partial charge in [-0.1, -0.05) is 40.5 Å². The van der Waals surface area contributed by atoms with E-state index in [-0.39, 0.29) is 5.60 Å². The SMILES string of the molecule is CNC(C1CCOC2(CCCC2)C1)C1C(C)(C)C1(C)C. The maximum atomic E-state index is 6.23. The zero-order valence-electron chi connectivity index (χ0n) is 14.1. The third-order valence-corrected chi connectivity index (χ3v) is 7.38. The van der Waals surface area contributed by atoms with E-state index >= 15 is 0 Å². The molecule has 0 aromatic heterocycles. The van der Waals surface area contributed by atoms with Crippen molar-refractivity contribution in [1.29, 1.82) is 0 Å². The van der Waals surface area contributed by atoms with Gasteiger partial charge < -0.3 is 10.1 Å². The highest BCUT2D eigenvalue weighted by atomic mass is 16.5. The molecule has 2 heteroatoms. The minimum Gasteiger partial charge on any atom is -0.375 e. The lowest BCUT2D eigenvalue weighted by Crippen LogP contribution is -2.46. The molecule has 2 nitrogen and oxygen atoms in total. The van der Waals surface area contributed by atoms with Crippen LogP contribution in [0.4, 0.5) is 0 Å². The van der Waals surface area contributed by atoms with E-state index in [1.165, 1.54) is 38.5 Å². The molecule has 0 aromatic rings. The van der Waals surface area contributed by atoms with Gasteiger partial charge in [0.15, 0.2) is 0 Å². The van der Waals surface area contributed by atoms with Gasteiger partial charge in [-0.25, -0.2) is 0 Å². The Kier molecular flexibility index (Phi) is 3.49. The van der Waals surface area contributed by atoms with E-state index in [9.17, 15) is 0 Å². The maximum Gasteiger partial charge on any atom is 0.0685 e. The Balaban J connectivity index is 1.74. The summed E-state index contributed by atoms with van der Waals surface area (Å²) in [7, 11) is 2.17. The molecule has 3 aliphatic rings. The number of hydrogen-bond acceptors (Lipinski definition) is 2. The molecule has 2 saturated carbocycles. The summed E-state index contributed by atoms with van der Waals surface area (Å²) in [6, 6.07) is 0.668. The number of rotatable bonds is 3. The molecule has 0 aromatic carbocycles. The Hall–Kier alpha value is -0.0800. The number of ether oxygens (including phenoxy) is 1. The molecule has 3 rings (SSSR count). The summed E-state index contributed by atoms with van der Waals surface area (Å²) in [5.74, 6) is 1.61. The van der Waals surface area contributed by atoms with E-state index < -0.39 is 0 Å². The monoisotopic (exact) mass is 279 g/mol. The lowest BCUT2D eigenvalue weighted by atomic mass is 9.78. The summed E-state index contributed by atoms with van der Waals surface area (Å²) in [5.41, 5.74) is 1.20. The number of nitrogens with one attached hydrogen (secondary N) is 1. The van der Waals surface area contributed by atoms with Crippen LogP contribution >= 0.6 is 0 Å². The van der Waals surface area contributed by atoms with Crippen LogP contribution in [-0.4, -0.2) is 25.3 Å². The first kappa shape index (κ1) is 14.8. The minimum atomic E-state index is 0.251. The molecule has 20 heavy (non-hydrogen) atoms. The van der Waals surface area contributed by atoms with Crippen molar-refractivity contribution in [2.24, 2.45) is 22.7 Å². The predicted octanol–water partition coefficient (Wildman–Crippen LogP) is 4.00. The van der Waals surface area contributed by atoms with Gasteiger partial charge in [-0.05, 0) is 55.4 Å². The van der Waals surface area contributed by atoms with Crippen molar-refractivity contribution in [3.05, 3.63) is 0 Å². The van der Waals surface area contributed by atoms with Gasteiger partial charge in [0.25, 0.3) is 0 Å². The van der Waals surface area contributed by atoms with Gasteiger partial charge in [0.1, 0.15) is 0 Å². The molecule has 3 fully saturated rings. The van der Waals surface area contributed by atoms with Gasteiger partial charge in [-0.3, -0.25) is 0 Å². The quantitative estimate of drug-likeness (QED) is 0.843. The molecule has 2 atom stereocenters. The molecule has 1 aliphatic heterocycles. The number of hydrogen-bond donors (Lipinski definition) is 1. The van der Waals surface area contributed by atoms with Crippen molar-refractivity contribution in [3.8, 4) is 0 Å². The van der Waals surface area contributed by atoms with Crippen molar-refractivity contribution in [1.82, 2.24) is 5.32 Å². The van der Waals surface area contributed by atoms with Crippen molar-refractivity contribution in [2.45, 2.75) is 77.9 Å². The zero-order chi connectivity index (χ0) is 14.6. The predicted molar refractivity (Wildman–Crippen MR) is 83.8 cm³/mol. The summed E-state index contributed by atoms with van der Waals surface area (Å²) in [6.07, 6.45) is 7.89. The molecule has 2 aliphatic carbocycles. The summed E-state index contributed by atoms with van der Waals surface area (Å²) in [4.78, 5) is 0. The molecule has 0 bridgehead atoms. The van der Waals surface area contributed by atoms with Crippen LogP contribution in [0.15, 0.2) is 0 Å². The lowest BCUT2D eigenvalue weighted by molar-refractivity contribution is -0.0995. The second-order valence-corrected chi connectivity index (χ2v) is 8.73. The zero-order valence-corrected chi connectivity index (χ0v) is 14.1. The fraction of sp³-hybridized carbons (Fsp3) is 1.00. The summed E-state index contributed by atoms with van der Waals surface area (Å²) in [5, 5.41) is 3.70. The smallest absolute Gasteiger partial charge is 0.0685 e. The van der Waals surface area contributed by atoms with Crippen LogP contribution in [0, 0.1) is 22.7 Å². The first-order valence-electron chi connectivity index (χ1n) is 8.65. The molecule has 0 radical (unpaired) electrons. The molecular formula is C18H33NO. The average molecular weight is 279 g/mol. The molecule has 1 spiro atoms. The molecule has 1 saturated heterocycles. The van der Waals surface area contributed by atoms with Crippen molar-refractivity contribution in [2.75, 3.05) is 13.7 Å². The highest BCUT2D eigenvalue weighted by molar-refractivity contribution is 5.17. The fourth-order valence-corrected chi connectivity index (χ4v) is 5.56. The summed E-state index contributed by atoms with van der Waals surface area (Å²) in [6.45, 7) is 10.8. The first-order valence-corrected chi connectivity index (χ1v) is 8.65. The maximum absolute atomic E-state index is 6.23. The van der Waals surface area contributed by atoms with Crippen LogP contribution in [0.3, 0.4) is 0 Å². The highest BCUT2D eigenvalue weighted by Crippen LogP contribution is 2.70. The van der Waals surface area contributed by atoms with Crippen LogP contribution < -0.4 is 5.32 Å². The molecule has 0 amide bonds.